The van der Waals surface area contributed by atoms with Crippen LogP contribution in [0.15, 0.2) is 43.1 Å². The van der Waals surface area contributed by atoms with Gasteiger partial charge in [-0.2, -0.15) is 0 Å². The van der Waals surface area contributed by atoms with Gasteiger partial charge in [0.2, 0.25) is 0 Å². The second-order valence-electron chi connectivity index (χ2n) is 6.19. The fourth-order valence-corrected chi connectivity index (χ4v) is 2.70. The number of halogens is 1. The number of aromatic nitrogens is 6. The average molecular weight is 378 g/mol. The van der Waals surface area contributed by atoms with E-state index in [1.165, 1.54) is 18.5 Å². The highest BCUT2D eigenvalue weighted by Crippen LogP contribution is 2.24. The Morgan fingerprint density at radius 2 is 1.96 bits per heavy atom. The molecular formula is C19H15FN6O2. The van der Waals surface area contributed by atoms with Crippen molar-refractivity contribution in [3.8, 4) is 11.5 Å². The molecule has 0 aliphatic carbocycles. The van der Waals surface area contributed by atoms with Crippen molar-refractivity contribution >= 4 is 11.4 Å². The minimum Gasteiger partial charge on any atom is -0.453 e. The number of fused-ring (bicyclic) bond motifs is 1. The Bertz CT molecular complexity index is 1170. The number of carbonyl (C=O) groups is 1. The number of ketones is 1. The number of rotatable bonds is 5. The monoisotopic (exact) mass is 378 g/mol. The normalized spacial score (nSPS) is 11.0. The first-order chi connectivity index (χ1) is 13.5. The van der Waals surface area contributed by atoms with E-state index in [-0.39, 0.29) is 17.9 Å². The molecule has 0 atom stereocenters. The zero-order valence-corrected chi connectivity index (χ0v) is 15.1. The van der Waals surface area contributed by atoms with E-state index < -0.39 is 5.82 Å². The van der Waals surface area contributed by atoms with Gasteiger partial charge in [-0.05, 0) is 32.0 Å². The predicted octanol–water partition coefficient (Wildman–Crippen LogP) is 2.89. The Morgan fingerprint density at radius 1 is 1.18 bits per heavy atom. The first-order valence-electron chi connectivity index (χ1n) is 8.45. The van der Waals surface area contributed by atoms with Crippen molar-refractivity contribution in [3.63, 3.8) is 0 Å². The number of ether oxygens (including phenoxy) is 1. The Kier molecular flexibility index (Phi) is 4.48. The van der Waals surface area contributed by atoms with Crippen molar-refractivity contribution in [2.24, 2.45) is 0 Å². The van der Waals surface area contributed by atoms with Gasteiger partial charge in [0.05, 0.1) is 36.3 Å². The fraction of sp³-hybridized carbons (Fsp3) is 0.158. The van der Waals surface area contributed by atoms with E-state index in [4.69, 9.17) is 4.74 Å². The van der Waals surface area contributed by atoms with E-state index in [1.54, 1.807) is 42.9 Å². The Balaban J connectivity index is 1.67. The summed E-state index contributed by atoms with van der Waals surface area (Å²) in [5, 5.41) is 7.86. The van der Waals surface area contributed by atoms with E-state index >= 15 is 0 Å². The second kappa shape index (κ2) is 7.10. The lowest BCUT2D eigenvalue weighted by atomic mass is 10.1. The molecule has 140 valence electrons. The molecule has 0 radical (unpaired) electrons. The third kappa shape index (κ3) is 3.54. The van der Waals surface area contributed by atoms with Gasteiger partial charge in [-0.15, -0.1) is 10.2 Å². The first-order valence-corrected chi connectivity index (χ1v) is 8.45. The van der Waals surface area contributed by atoms with E-state index in [2.05, 4.69) is 25.1 Å². The smallest absolute Gasteiger partial charge is 0.172 e. The standard InChI is InChI=1S/C19H15FN6O2/c1-11-17(20)4-3-13(24-11)5-18(27)16-6-14(9-26-10-23-25-19(16)26)28-15-7-21-12(2)22-8-15/h3-4,6-10H,5H2,1-2H3. The van der Waals surface area contributed by atoms with Crippen LogP contribution < -0.4 is 4.74 Å². The fourth-order valence-electron chi connectivity index (χ4n) is 2.70. The SMILES string of the molecule is Cc1ncc(Oc2cc(C(=O)Cc3ccc(F)c(C)n3)c3nncn3c2)cn1. The molecule has 0 fully saturated rings. The van der Waals surface area contributed by atoms with Crippen molar-refractivity contribution in [1.29, 1.82) is 0 Å². The van der Waals surface area contributed by atoms with E-state index in [0.29, 0.717) is 34.2 Å². The van der Waals surface area contributed by atoms with Crippen LogP contribution in [0.3, 0.4) is 0 Å². The molecule has 28 heavy (non-hydrogen) atoms. The Hall–Kier alpha value is -3.75. The topological polar surface area (TPSA) is 95.2 Å². The maximum absolute atomic E-state index is 13.4. The lowest BCUT2D eigenvalue weighted by molar-refractivity contribution is 0.0992. The lowest BCUT2D eigenvalue weighted by Crippen LogP contribution is -2.09. The van der Waals surface area contributed by atoms with Gasteiger partial charge in [0, 0.05) is 5.69 Å². The molecule has 0 amide bonds. The zero-order valence-electron chi connectivity index (χ0n) is 15.1. The number of Topliss-reactive ketones (excluding diaryl/α,β-unsaturated/α-hetero) is 1. The van der Waals surface area contributed by atoms with Crippen LogP contribution in [0.25, 0.3) is 5.65 Å². The number of hydrogen-bond donors (Lipinski definition) is 0. The van der Waals surface area contributed by atoms with Crippen molar-refractivity contribution in [2.75, 3.05) is 0 Å². The number of hydrogen-bond acceptors (Lipinski definition) is 7. The molecule has 0 N–H and O–H groups in total. The largest absolute Gasteiger partial charge is 0.453 e. The Morgan fingerprint density at radius 3 is 2.71 bits per heavy atom. The third-order valence-electron chi connectivity index (χ3n) is 4.08. The molecule has 0 bridgehead atoms. The van der Waals surface area contributed by atoms with Gasteiger partial charge in [-0.1, -0.05) is 0 Å². The second-order valence-corrected chi connectivity index (χ2v) is 6.19. The molecule has 4 aromatic rings. The quantitative estimate of drug-likeness (QED) is 0.493. The van der Waals surface area contributed by atoms with Crippen LogP contribution in [-0.2, 0) is 6.42 Å². The van der Waals surface area contributed by atoms with Gasteiger partial charge < -0.3 is 4.74 Å². The molecule has 0 saturated carbocycles. The summed E-state index contributed by atoms with van der Waals surface area (Å²) < 4.78 is 20.8. The molecule has 0 aliphatic rings. The summed E-state index contributed by atoms with van der Waals surface area (Å²) in [4.78, 5) is 25.2. The van der Waals surface area contributed by atoms with E-state index in [9.17, 15) is 9.18 Å². The molecule has 0 spiro atoms. The lowest BCUT2D eigenvalue weighted by Gasteiger charge is -2.09. The highest BCUT2D eigenvalue weighted by Gasteiger charge is 2.17. The Labute approximate surface area is 159 Å². The van der Waals surface area contributed by atoms with Crippen LogP contribution in [0.4, 0.5) is 4.39 Å². The summed E-state index contributed by atoms with van der Waals surface area (Å²) in [7, 11) is 0. The van der Waals surface area contributed by atoms with Crippen molar-refractivity contribution < 1.29 is 13.9 Å². The minimum absolute atomic E-state index is 0.000730. The highest BCUT2D eigenvalue weighted by molar-refractivity contribution is 6.02. The molecule has 9 heteroatoms. The molecule has 4 rings (SSSR count). The van der Waals surface area contributed by atoms with Gasteiger partial charge in [0.1, 0.15) is 23.7 Å². The first kappa shape index (κ1) is 17.7. The van der Waals surface area contributed by atoms with Gasteiger partial charge in [-0.3, -0.25) is 14.2 Å². The third-order valence-corrected chi connectivity index (χ3v) is 4.08. The van der Waals surface area contributed by atoms with Crippen LogP contribution in [0.1, 0.15) is 27.6 Å². The maximum atomic E-state index is 13.4. The van der Waals surface area contributed by atoms with Gasteiger partial charge in [0.25, 0.3) is 0 Å². The van der Waals surface area contributed by atoms with Gasteiger partial charge in [0.15, 0.2) is 17.2 Å². The van der Waals surface area contributed by atoms with Crippen LogP contribution in [-0.4, -0.2) is 35.3 Å². The van der Waals surface area contributed by atoms with Crippen molar-refractivity contribution in [1.82, 2.24) is 29.5 Å². The molecule has 0 aromatic carbocycles. The zero-order chi connectivity index (χ0) is 19.7. The summed E-state index contributed by atoms with van der Waals surface area (Å²) in [6.07, 6.45) is 6.23. The summed E-state index contributed by atoms with van der Waals surface area (Å²) in [6.45, 7) is 3.33. The number of aryl methyl sites for hydroxylation is 2. The summed E-state index contributed by atoms with van der Waals surface area (Å²) in [5.41, 5.74) is 1.44. The summed E-state index contributed by atoms with van der Waals surface area (Å²) in [6, 6.07) is 4.38. The van der Waals surface area contributed by atoms with Crippen LogP contribution >= 0.6 is 0 Å². The number of pyridine rings is 2. The average Bonchev–Trinajstić information content (AvgIpc) is 3.14. The van der Waals surface area contributed by atoms with Crippen LogP contribution in [0, 0.1) is 19.7 Å². The predicted molar refractivity (Wildman–Crippen MR) is 96.8 cm³/mol. The maximum Gasteiger partial charge on any atom is 0.172 e. The minimum atomic E-state index is -0.410. The number of carbonyl (C=O) groups excluding carboxylic acids is 1. The highest BCUT2D eigenvalue weighted by atomic mass is 19.1. The molecule has 8 nitrogen and oxygen atoms in total. The van der Waals surface area contributed by atoms with Gasteiger partial charge >= 0.3 is 0 Å². The molecule has 0 saturated heterocycles. The molecular weight excluding hydrogens is 363 g/mol. The number of nitrogens with zero attached hydrogens (tertiary/aromatic N) is 6. The molecule has 0 unspecified atom stereocenters. The molecule has 0 aliphatic heterocycles. The molecule has 4 aromatic heterocycles. The van der Waals surface area contributed by atoms with E-state index in [0.717, 1.165) is 0 Å². The van der Waals surface area contributed by atoms with E-state index in [1.807, 2.05) is 0 Å². The van der Waals surface area contributed by atoms with Crippen LogP contribution in [0.2, 0.25) is 0 Å². The summed E-state index contributed by atoms with van der Waals surface area (Å²) >= 11 is 0. The molecule has 4 heterocycles. The van der Waals surface area contributed by atoms with Crippen molar-refractivity contribution in [2.45, 2.75) is 20.3 Å². The van der Waals surface area contributed by atoms with Crippen LogP contribution in [0.5, 0.6) is 11.5 Å². The summed E-state index contributed by atoms with van der Waals surface area (Å²) in [5.74, 6) is 0.826. The van der Waals surface area contributed by atoms with Crippen molar-refractivity contribution in [3.05, 3.63) is 71.7 Å². The van der Waals surface area contributed by atoms with Gasteiger partial charge in [-0.25, -0.2) is 14.4 Å².